The van der Waals surface area contributed by atoms with Gasteiger partial charge in [0.05, 0.1) is 11.1 Å². The minimum Gasteiger partial charge on any atom is -0.343 e. The lowest BCUT2D eigenvalue weighted by Crippen LogP contribution is -2.35. The van der Waals surface area contributed by atoms with Crippen molar-refractivity contribution in [3.8, 4) is 0 Å². The molecular formula is C19H18F3N3O2. The molecule has 27 heavy (non-hydrogen) atoms. The predicted octanol–water partition coefficient (Wildman–Crippen LogP) is 3.92. The molecule has 0 saturated carbocycles. The second kappa shape index (κ2) is 5.61. The molecule has 1 aromatic carbocycles. The van der Waals surface area contributed by atoms with Crippen LogP contribution in [-0.2, 0) is 11.0 Å². The normalized spacial score (nSPS) is 21.5. The number of nitrogens with one attached hydrogen (secondary N) is 3. The number of H-pyrrole nitrogens is 2. The number of alkyl halides is 3. The van der Waals surface area contributed by atoms with Crippen molar-refractivity contribution < 1.29 is 18.0 Å². The van der Waals surface area contributed by atoms with Gasteiger partial charge in [0.2, 0.25) is 0 Å². The van der Waals surface area contributed by atoms with E-state index in [1.807, 2.05) is 13.8 Å². The monoisotopic (exact) mass is 377 g/mol. The van der Waals surface area contributed by atoms with Crippen molar-refractivity contribution in [2.45, 2.75) is 38.8 Å². The Kier molecular flexibility index (Phi) is 3.66. The van der Waals surface area contributed by atoms with Crippen LogP contribution in [0.25, 0.3) is 0 Å². The number of carbonyl (C=O) groups is 1. The number of aromatic nitrogens is 2. The maximum Gasteiger partial charge on any atom is 0.416 e. The van der Waals surface area contributed by atoms with E-state index in [4.69, 9.17) is 0 Å². The zero-order valence-corrected chi connectivity index (χ0v) is 14.8. The maximum atomic E-state index is 13.6. The van der Waals surface area contributed by atoms with Crippen LogP contribution in [0.4, 0.5) is 19.0 Å². The van der Waals surface area contributed by atoms with Crippen LogP contribution in [0.5, 0.6) is 0 Å². The van der Waals surface area contributed by atoms with E-state index in [1.165, 1.54) is 18.2 Å². The van der Waals surface area contributed by atoms with Gasteiger partial charge >= 0.3 is 6.18 Å². The first-order valence-electron chi connectivity index (χ1n) is 8.58. The lowest BCUT2D eigenvalue weighted by molar-refractivity contribution is -0.138. The van der Waals surface area contributed by atoms with Gasteiger partial charge in [-0.25, -0.2) is 0 Å². The number of Topliss-reactive ketones (excluding diaryl/α,β-unsaturated/α-hetero) is 1. The second-order valence-electron chi connectivity index (χ2n) is 7.84. The highest BCUT2D eigenvalue weighted by atomic mass is 19.4. The van der Waals surface area contributed by atoms with E-state index in [-0.39, 0.29) is 34.3 Å². The Labute approximate surface area is 152 Å². The van der Waals surface area contributed by atoms with Gasteiger partial charge in [0.15, 0.2) is 5.78 Å². The molecule has 2 heterocycles. The van der Waals surface area contributed by atoms with Crippen molar-refractivity contribution >= 4 is 11.6 Å². The van der Waals surface area contributed by atoms with Crippen molar-refractivity contribution in [1.82, 2.24) is 10.2 Å². The van der Waals surface area contributed by atoms with Gasteiger partial charge in [-0.05, 0) is 23.5 Å². The van der Waals surface area contributed by atoms with Crippen molar-refractivity contribution in [2.75, 3.05) is 5.32 Å². The topological polar surface area (TPSA) is 77.8 Å². The Morgan fingerprint density at radius 3 is 2.48 bits per heavy atom. The van der Waals surface area contributed by atoms with Crippen LogP contribution < -0.4 is 10.9 Å². The van der Waals surface area contributed by atoms with Crippen LogP contribution in [-0.4, -0.2) is 16.0 Å². The number of hydrogen-bond donors (Lipinski definition) is 3. The molecule has 1 aromatic heterocycles. The Balaban J connectivity index is 2.01. The highest BCUT2D eigenvalue weighted by Crippen LogP contribution is 2.49. The molecule has 8 heteroatoms. The summed E-state index contributed by atoms with van der Waals surface area (Å²) in [7, 11) is 0. The molecule has 0 spiro atoms. The van der Waals surface area contributed by atoms with Gasteiger partial charge in [0.1, 0.15) is 5.82 Å². The average molecular weight is 377 g/mol. The number of rotatable bonds is 1. The molecule has 4 rings (SSSR count). The van der Waals surface area contributed by atoms with E-state index >= 15 is 0 Å². The Morgan fingerprint density at radius 1 is 1.07 bits per heavy atom. The summed E-state index contributed by atoms with van der Waals surface area (Å²) in [6.07, 6.45) is -3.87. The summed E-state index contributed by atoms with van der Waals surface area (Å²) in [4.78, 5) is 25.3. The Morgan fingerprint density at radius 2 is 1.78 bits per heavy atom. The highest BCUT2D eigenvalue weighted by Gasteiger charge is 2.45. The summed E-state index contributed by atoms with van der Waals surface area (Å²) < 4.78 is 40.9. The zero-order valence-electron chi connectivity index (χ0n) is 14.8. The molecule has 0 amide bonds. The molecule has 2 aliphatic rings. The number of benzene rings is 1. The fraction of sp³-hybridized carbons (Fsp3) is 0.368. The molecule has 0 radical (unpaired) electrons. The largest absolute Gasteiger partial charge is 0.416 e. The van der Waals surface area contributed by atoms with Crippen LogP contribution in [0.15, 0.2) is 40.3 Å². The van der Waals surface area contributed by atoms with Crippen molar-refractivity contribution in [1.29, 1.82) is 0 Å². The van der Waals surface area contributed by atoms with E-state index in [0.29, 0.717) is 17.9 Å². The van der Waals surface area contributed by atoms with E-state index in [1.54, 1.807) is 0 Å². The fourth-order valence-electron chi connectivity index (χ4n) is 4.14. The summed E-state index contributed by atoms with van der Waals surface area (Å²) in [5, 5.41) is 8.16. The lowest BCUT2D eigenvalue weighted by Gasteiger charge is -2.38. The number of halogens is 3. The molecule has 3 N–H and O–H groups in total. The van der Waals surface area contributed by atoms with Gasteiger partial charge in [0.25, 0.3) is 5.56 Å². The van der Waals surface area contributed by atoms with Gasteiger partial charge in [0, 0.05) is 23.6 Å². The molecule has 1 aliphatic carbocycles. The number of aromatic amines is 2. The second-order valence-corrected chi connectivity index (χ2v) is 7.84. The van der Waals surface area contributed by atoms with Crippen molar-refractivity contribution in [3.63, 3.8) is 0 Å². The smallest absolute Gasteiger partial charge is 0.343 e. The SMILES string of the molecule is CC1(C)CC(=O)C2=C(C1)Nc1[nH][nH]c(=O)c1[C@H]2c1ccccc1C(F)(F)F. The van der Waals surface area contributed by atoms with Crippen LogP contribution in [0, 0.1) is 5.41 Å². The van der Waals surface area contributed by atoms with Crippen molar-refractivity contribution in [3.05, 3.63) is 62.6 Å². The molecule has 0 fully saturated rings. The summed E-state index contributed by atoms with van der Waals surface area (Å²) in [5.74, 6) is -0.985. The Bertz CT molecular complexity index is 1030. The van der Waals surface area contributed by atoms with Gasteiger partial charge in [-0.3, -0.25) is 19.8 Å². The van der Waals surface area contributed by atoms with E-state index < -0.39 is 23.2 Å². The predicted molar refractivity (Wildman–Crippen MR) is 93.4 cm³/mol. The number of hydrogen-bond acceptors (Lipinski definition) is 3. The summed E-state index contributed by atoms with van der Waals surface area (Å²) in [6.45, 7) is 3.87. The lowest BCUT2D eigenvalue weighted by atomic mass is 9.69. The summed E-state index contributed by atoms with van der Waals surface area (Å²) in [6, 6.07) is 5.11. The Hall–Kier alpha value is -2.77. The highest BCUT2D eigenvalue weighted by molar-refractivity contribution is 6.01. The first-order valence-corrected chi connectivity index (χ1v) is 8.58. The minimum absolute atomic E-state index is 0.0848. The maximum absolute atomic E-state index is 13.6. The minimum atomic E-state index is -4.59. The average Bonchev–Trinajstić information content (AvgIpc) is 2.92. The van der Waals surface area contributed by atoms with Crippen molar-refractivity contribution in [2.24, 2.45) is 5.41 Å². The first kappa shape index (κ1) is 17.6. The van der Waals surface area contributed by atoms with Crippen LogP contribution in [0.2, 0.25) is 0 Å². The molecular weight excluding hydrogens is 359 g/mol. The van der Waals surface area contributed by atoms with Crippen LogP contribution >= 0.6 is 0 Å². The molecule has 1 aliphatic heterocycles. The summed E-state index contributed by atoms with van der Waals surface area (Å²) >= 11 is 0. The van der Waals surface area contributed by atoms with E-state index in [2.05, 4.69) is 15.5 Å². The van der Waals surface area contributed by atoms with Gasteiger partial charge < -0.3 is 5.32 Å². The third kappa shape index (κ3) is 2.79. The quantitative estimate of drug-likeness (QED) is 0.705. The molecule has 0 saturated heterocycles. The van der Waals surface area contributed by atoms with Gasteiger partial charge in [-0.1, -0.05) is 32.0 Å². The number of allylic oxidation sites excluding steroid dienone is 2. The molecule has 0 bridgehead atoms. The number of fused-ring (bicyclic) bond motifs is 1. The molecule has 1 atom stereocenters. The van der Waals surface area contributed by atoms with Gasteiger partial charge in [-0.15, -0.1) is 0 Å². The van der Waals surface area contributed by atoms with Crippen LogP contribution in [0.1, 0.15) is 49.3 Å². The fourth-order valence-corrected chi connectivity index (χ4v) is 4.14. The third-order valence-corrected chi connectivity index (χ3v) is 5.17. The number of anilines is 1. The van der Waals surface area contributed by atoms with E-state index in [9.17, 15) is 22.8 Å². The molecule has 2 aromatic rings. The van der Waals surface area contributed by atoms with Crippen LogP contribution in [0.3, 0.4) is 0 Å². The zero-order chi connectivity index (χ0) is 19.6. The number of ketones is 1. The summed E-state index contributed by atoms with van der Waals surface area (Å²) in [5.41, 5.74) is -0.844. The first-order chi connectivity index (χ1) is 12.6. The standard InChI is InChI=1S/C19H18F3N3O2/c1-18(2)7-11-14(12(26)8-18)13(15-16(23-11)24-25-17(15)27)9-5-3-4-6-10(9)19(20,21)22/h3-6,13H,7-8H2,1-2H3,(H3,23,24,25,27)/t13-/m0/s1. The number of carbonyl (C=O) groups excluding carboxylic acids is 1. The van der Waals surface area contributed by atoms with E-state index in [0.717, 1.165) is 6.07 Å². The molecule has 0 unspecified atom stereocenters. The molecule has 142 valence electrons. The third-order valence-electron chi connectivity index (χ3n) is 5.17. The van der Waals surface area contributed by atoms with Gasteiger partial charge in [-0.2, -0.15) is 13.2 Å². The molecule has 5 nitrogen and oxygen atoms in total.